The highest BCUT2D eigenvalue weighted by Crippen LogP contribution is 2.19. The molecule has 0 aliphatic rings. The smallest absolute Gasteiger partial charge is 0.345 e. The minimum Gasteiger partial charge on any atom is -0.464 e. The van der Waals surface area contributed by atoms with Crippen molar-refractivity contribution in [1.29, 1.82) is 0 Å². The van der Waals surface area contributed by atoms with E-state index in [4.69, 9.17) is 9.47 Å². The maximum Gasteiger partial charge on any atom is 0.345 e. The van der Waals surface area contributed by atoms with Gasteiger partial charge in [-0.3, -0.25) is 0 Å². The molecule has 0 unspecified atom stereocenters. The Labute approximate surface area is 99.5 Å². The van der Waals surface area contributed by atoms with E-state index in [0.717, 1.165) is 0 Å². The van der Waals surface area contributed by atoms with Crippen LogP contribution in [0.1, 0.15) is 20.8 Å². The zero-order chi connectivity index (χ0) is 12.9. The number of esters is 2. The minimum absolute atomic E-state index is 0.190. The largest absolute Gasteiger partial charge is 0.464 e. The molecule has 1 aromatic heterocycles. The monoisotopic (exact) mass is 240 g/mol. The second-order valence-corrected chi connectivity index (χ2v) is 3.46. The third kappa shape index (κ3) is 2.46. The van der Waals surface area contributed by atoms with Crippen LogP contribution in [0.4, 0.5) is 0 Å². The highest BCUT2D eigenvalue weighted by atomic mass is 16.6. The number of hydrogen-bond acceptors (Lipinski definition) is 5. The molecule has 6 heteroatoms. The first-order valence-corrected chi connectivity index (χ1v) is 5.41. The van der Waals surface area contributed by atoms with Crippen LogP contribution in [0, 0.1) is 0 Å². The lowest BCUT2D eigenvalue weighted by atomic mass is 10.0. The van der Waals surface area contributed by atoms with E-state index in [0.29, 0.717) is 0 Å². The molecule has 1 rings (SSSR count). The van der Waals surface area contributed by atoms with E-state index in [1.165, 1.54) is 24.0 Å². The summed E-state index contributed by atoms with van der Waals surface area (Å²) in [7, 11) is 0. The Morgan fingerprint density at radius 3 is 2.12 bits per heavy atom. The van der Waals surface area contributed by atoms with E-state index in [2.05, 4.69) is 5.10 Å². The quantitative estimate of drug-likeness (QED) is 0.560. The summed E-state index contributed by atoms with van der Waals surface area (Å²) in [6.07, 6.45) is 3.00. The lowest BCUT2D eigenvalue weighted by molar-refractivity contribution is -0.169. The van der Waals surface area contributed by atoms with E-state index in [9.17, 15) is 9.59 Å². The summed E-state index contributed by atoms with van der Waals surface area (Å²) < 4.78 is 11.0. The van der Waals surface area contributed by atoms with Crippen molar-refractivity contribution in [3.63, 3.8) is 0 Å². The predicted molar refractivity (Wildman–Crippen MR) is 59.1 cm³/mol. The third-order valence-electron chi connectivity index (χ3n) is 2.31. The zero-order valence-electron chi connectivity index (χ0n) is 10.2. The van der Waals surface area contributed by atoms with Crippen LogP contribution in [0.3, 0.4) is 0 Å². The average Bonchev–Trinajstić information content (AvgIpc) is 2.82. The Balaban J connectivity index is 3.09. The van der Waals surface area contributed by atoms with Gasteiger partial charge in [0.2, 0.25) is 0 Å². The summed E-state index contributed by atoms with van der Waals surface area (Å²) in [6.45, 7) is 5.15. The fourth-order valence-electron chi connectivity index (χ4n) is 1.35. The molecule has 0 amide bonds. The van der Waals surface area contributed by atoms with Crippen molar-refractivity contribution in [2.75, 3.05) is 13.2 Å². The molecule has 0 saturated heterocycles. The van der Waals surface area contributed by atoms with E-state index < -0.39 is 17.5 Å². The maximum atomic E-state index is 11.9. The summed E-state index contributed by atoms with van der Waals surface area (Å²) in [5.74, 6) is -1.36. The van der Waals surface area contributed by atoms with Gasteiger partial charge in [-0.2, -0.15) is 5.10 Å². The van der Waals surface area contributed by atoms with Crippen LogP contribution < -0.4 is 0 Å². The molecule has 17 heavy (non-hydrogen) atoms. The van der Waals surface area contributed by atoms with E-state index in [-0.39, 0.29) is 13.2 Å². The average molecular weight is 240 g/mol. The highest BCUT2D eigenvalue weighted by molar-refractivity contribution is 6.01. The molecule has 0 aromatic carbocycles. The molecule has 0 radical (unpaired) electrons. The number of rotatable bonds is 5. The van der Waals surface area contributed by atoms with Crippen molar-refractivity contribution in [3.05, 3.63) is 18.5 Å². The van der Waals surface area contributed by atoms with Gasteiger partial charge < -0.3 is 9.47 Å². The number of ether oxygens (including phenoxy) is 2. The van der Waals surface area contributed by atoms with Gasteiger partial charge in [0.25, 0.3) is 5.54 Å². The number of nitrogens with zero attached hydrogens (tertiary/aromatic N) is 2. The predicted octanol–water partition coefficient (Wildman–Crippen LogP) is 0.724. The van der Waals surface area contributed by atoms with Crippen molar-refractivity contribution in [2.45, 2.75) is 26.3 Å². The topological polar surface area (TPSA) is 70.4 Å². The van der Waals surface area contributed by atoms with Crippen molar-refractivity contribution in [1.82, 2.24) is 9.78 Å². The standard InChI is InChI=1S/C11H16N2O4/c1-4-16-9(14)11(3,10(15)17-5-2)13-8-6-7-12-13/h6-8H,4-5H2,1-3H3. The molecule has 0 atom stereocenters. The summed E-state index contributed by atoms with van der Waals surface area (Å²) in [5.41, 5.74) is -1.57. The summed E-state index contributed by atoms with van der Waals surface area (Å²) in [4.78, 5) is 23.8. The Morgan fingerprint density at radius 2 is 1.76 bits per heavy atom. The van der Waals surface area contributed by atoms with Crippen molar-refractivity contribution < 1.29 is 19.1 Å². The summed E-state index contributed by atoms with van der Waals surface area (Å²) in [6, 6.07) is 1.62. The van der Waals surface area contributed by atoms with Gasteiger partial charge in [-0.25, -0.2) is 14.3 Å². The molecule has 1 heterocycles. The molecule has 0 spiro atoms. The molecular formula is C11H16N2O4. The van der Waals surface area contributed by atoms with Crippen molar-refractivity contribution in [3.8, 4) is 0 Å². The van der Waals surface area contributed by atoms with Gasteiger partial charge in [0.05, 0.1) is 13.2 Å². The van der Waals surface area contributed by atoms with Crippen molar-refractivity contribution >= 4 is 11.9 Å². The number of carbonyl (C=O) groups is 2. The van der Waals surface area contributed by atoms with Crippen LogP contribution in [0.2, 0.25) is 0 Å². The molecule has 0 N–H and O–H groups in total. The summed E-state index contributed by atoms with van der Waals surface area (Å²) in [5, 5.41) is 3.91. The highest BCUT2D eigenvalue weighted by Gasteiger charge is 2.47. The molecule has 0 saturated carbocycles. The Kier molecular flexibility index (Phi) is 4.25. The van der Waals surface area contributed by atoms with Gasteiger partial charge in [0, 0.05) is 12.4 Å². The lowest BCUT2D eigenvalue weighted by Crippen LogP contribution is -2.48. The maximum absolute atomic E-state index is 11.9. The van der Waals surface area contributed by atoms with Crippen LogP contribution in [0.15, 0.2) is 18.5 Å². The molecule has 1 aromatic rings. The molecule has 0 fully saturated rings. The number of carbonyl (C=O) groups excluding carboxylic acids is 2. The Bertz CT molecular complexity index is 368. The Hall–Kier alpha value is -1.85. The van der Waals surface area contributed by atoms with Gasteiger partial charge in [0.15, 0.2) is 0 Å². The summed E-state index contributed by atoms with van der Waals surface area (Å²) >= 11 is 0. The van der Waals surface area contributed by atoms with Gasteiger partial charge in [0.1, 0.15) is 0 Å². The van der Waals surface area contributed by atoms with Crippen LogP contribution in [0.5, 0.6) is 0 Å². The van der Waals surface area contributed by atoms with Gasteiger partial charge in [-0.1, -0.05) is 0 Å². The lowest BCUT2D eigenvalue weighted by Gasteiger charge is -2.25. The van der Waals surface area contributed by atoms with E-state index in [1.54, 1.807) is 19.9 Å². The first kappa shape index (κ1) is 13.2. The number of hydrogen-bond donors (Lipinski definition) is 0. The van der Waals surface area contributed by atoms with Gasteiger partial charge in [-0.05, 0) is 26.8 Å². The molecule has 6 nitrogen and oxygen atoms in total. The SMILES string of the molecule is CCOC(=O)C(C)(C(=O)OCC)n1cccn1. The van der Waals surface area contributed by atoms with Crippen LogP contribution in [-0.4, -0.2) is 34.9 Å². The van der Waals surface area contributed by atoms with Crippen molar-refractivity contribution in [2.24, 2.45) is 0 Å². The first-order valence-electron chi connectivity index (χ1n) is 5.41. The first-order chi connectivity index (χ1) is 8.07. The molecular weight excluding hydrogens is 224 g/mol. The Morgan fingerprint density at radius 1 is 1.24 bits per heavy atom. The zero-order valence-corrected chi connectivity index (χ0v) is 10.2. The second kappa shape index (κ2) is 5.47. The minimum atomic E-state index is -1.57. The van der Waals surface area contributed by atoms with E-state index >= 15 is 0 Å². The second-order valence-electron chi connectivity index (χ2n) is 3.46. The number of aromatic nitrogens is 2. The third-order valence-corrected chi connectivity index (χ3v) is 2.31. The fraction of sp³-hybridized carbons (Fsp3) is 0.545. The van der Waals surface area contributed by atoms with Crippen LogP contribution in [-0.2, 0) is 24.6 Å². The molecule has 0 aliphatic heterocycles. The van der Waals surface area contributed by atoms with Gasteiger partial charge >= 0.3 is 11.9 Å². The van der Waals surface area contributed by atoms with E-state index in [1.807, 2.05) is 0 Å². The van der Waals surface area contributed by atoms with Crippen LogP contribution >= 0.6 is 0 Å². The van der Waals surface area contributed by atoms with Crippen LogP contribution in [0.25, 0.3) is 0 Å². The van der Waals surface area contributed by atoms with Gasteiger partial charge in [-0.15, -0.1) is 0 Å². The fourth-order valence-corrected chi connectivity index (χ4v) is 1.35. The molecule has 0 bridgehead atoms. The molecule has 94 valence electrons. The normalized spacial score (nSPS) is 11.0. The molecule has 0 aliphatic carbocycles.